The predicted octanol–water partition coefficient (Wildman–Crippen LogP) is 2.18. The molecule has 0 aliphatic heterocycles. The first-order chi connectivity index (χ1) is 12.5. The van der Waals surface area contributed by atoms with E-state index in [1.165, 1.54) is 0 Å². The lowest BCUT2D eigenvalue weighted by atomic mass is 9.59. The van der Waals surface area contributed by atoms with Crippen LogP contribution in [-0.4, -0.2) is 23.1 Å². The van der Waals surface area contributed by atoms with Crippen molar-refractivity contribution in [3.63, 3.8) is 0 Å². The van der Waals surface area contributed by atoms with Crippen LogP contribution in [0.15, 0.2) is 24.3 Å². The van der Waals surface area contributed by atoms with Gasteiger partial charge in [0.05, 0.1) is 0 Å². The Morgan fingerprint density at radius 3 is 1.27 bits per heavy atom. The van der Waals surface area contributed by atoms with Gasteiger partial charge in [0.25, 0.3) is 0 Å². The molecule has 0 N–H and O–H groups in total. The van der Waals surface area contributed by atoms with E-state index in [0.717, 1.165) is 12.8 Å². The van der Waals surface area contributed by atoms with E-state index < -0.39 is 11.8 Å². The maximum Gasteiger partial charge on any atom is 0.141 e. The summed E-state index contributed by atoms with van der Waals surface area (Å²) in [7, 11) is 0. The van der Waals surface area contributed by atoms with Crippen LogP contribution in [0.5, 0.6) is 0 Å². The van der Waals surface area contributed by atoms with E-state index in [1.54, 1.807) is 0 Å². The van der Waals surface area contributed by atoms with Crippen LogP contribution in [0.25, 0.3) is 0 Å². The van der Waals surface area contributed by atoms with Crippen molar-refractivity contribution in [2.45, 2.75) is 25.7 Å². The highest BCUT2D eigenvalue weighted by atomic mass is 16.2. The van der Waals surface area contributed by atoms with Crippen molar-refractivity contribution in [2.75, 3.05) is 0 Å². The fraction of sp³-hybridized carbons (Fsp3) is 0.636. The number of hydrogen-bond acceptors (Lipinski definition) is 4. The highest BCUT2D eigenvalue weighted by Gasteiger charge is 2.61. The lowest BCUT2D eigenvalue weighted by Gasteiger charge is -2.41. The van der Waals surface area contributed by atoms with Crippen molar-refractivity contribution in [3.8, 4) is 0 Å². The largest absolute Gasteiger partial charge is 0.299 e. The van der Waals surface area contributed by atoms with Crippen LogP contribution < -0.4 is 0 Å². The molecule has 0 spiro atoms. The van der Waals surface area contributed by atoms with Gasteiger partial charge in [0.2, 0.25) is 0 Å². The van der Waals surface area contributed by atoms with Gasteiger partial charge in [-0.1, -0.05) is 24.3 Å². The Labute approximate surface area is 152 Å². The third-order valence-electron chi connectivity index (χ3n) is 8.38. The van der Waals surface area contributed by atoms with Gasteiger partial charge in [0.1, 0.15) is 23.1 Å². The number of Topliss-reactive ketones (excluding diaryl/α,β-unsaturated/α-hetero) is 4. The molecule has 4 saturated carbocycles. The van der Waals surface area contributed by atoms with Crippen molar-refractivity contribution >= 4 is 23.1 Å². The Kier molecular flexibility index (Phi) is 2.87. The molecule has 10 unspecified atom stereocenters. The SMILES string of the molecule is O=C1CC(C2CC(=O)C3C4C=CC(C4)C3C2=O)C(=O)C2C3C=CC(C3)C12. The fourth-order valence-corrected chi connectivity index (χ4v) is 7.38. The number of carbonyl (C=O) groups is 4. The molecular formula is C22H22O4. The van der Waals surface area contributed by atoms with Crippen molar-refractivity contribution in [3.05, 3.63) is 24.3 Å². The van der Waals surface area contributed by atoms with E-state index in [9.17, 15) is 19.2 Å². The van der Waals surface area contributed by atoms with Crippen molar-refractivity contribution < 1.29 is 19.2 Å². The minimum absolute atomic E-state index is 0.0924. The number of carbonyl (C=O) groups excluding carboxylic acids is 4. The molecule has 4 heteroatoms. The fourth-order valence-electron chi connectivity index (χ4n) is 7.38. The number of hydrogen-bond donors (Lipinski definition) is 0. The Hall–Kier alpha value is -1.84. The van der Waals surface area contributed by atoms with Crippen molar-refractivity contribution in [1.29, 1.82) is 0 Å². The Morgan fingerprint density at radius 1 is 0.538 bits per heavy atom. The normalized spacial score (nSPS) is 53.5. The number of fused-ring (bicyclic) bond motifs is 10. The Bertz CT molecular complexity index is 752. The smallest absolute Gasteiger partial charge is 0.141 e. The molecule has 26 heavy (non-hydrogen) atoms. The molecule has 6 rings (SSSR count). The van der Waals surface area contributed by atoms with E-state index in [-0.39, 0.29) is 83.3 Å². The second-order valence-electron chi connectivity index (χ2n) is 9.36. The third kappa shape index (κ3) is 1.71. The highest BCUT2D eigenvalue weighted by molar-refractivity contribution is 6.06. The highest BCUT2D eigenvalue weighted by Crippen LogP contribution is 2.57. The molecule has 6 aliphatic rings. The molecule has 0 aromatic carbocycles. The summed E-state index contributed by atoms with van der Waals surface area (Å²) in [5.41, 5.74) is 0. The van der Waals surface area contributed by atoms with E-state index in [4.69, 9.17) is 0 Å². The first-order valence-electron chi connectivity index (χ1n) is 10.0. The predicted molar refractivity (Wildman–Crippen MR) is 91.7 cm³/mol. The first-order valence-corrected chi connectivity index (χ1v) is 10.0. The van der Waals surface area contributed by atoms with Gasteiger partial charge in [-0.05, 0) is 36.5 Å². The molecule has 0 radical (unpaired) electrons. The number of allylic oxidation sites excluding steroid dienone is 4. The summed E-state index contributed by atoms with van der Waals surface area (Å²) in [5, 5.41) is 0. The third-order valence-corrected chi connectivity index (χ3v) is 8.38. The van der Waals surface area contributed by atoms with Crippen molar-refractivity contribution in [1.82, 2.24) is 0 Å². The van der Waals surface area contributed by atoms with E-state index in [1.807, 2.05) is 0 Å². The Balaban J connectivity index is 1.33. The van der Waals surface area contributed by atoms with Crippen LogP contribution >= 0.6 is 0 Å². The summed E-state index contributed by atoms with van der Waals surface area (Å²) >= 11 is 0. The topological polar surface area (TPSA) is 68.3 Å². The molecule has 4 nitrogen and oxygen atoms in total. The van der Waals surface area contributed by atoms with Crippen LogP contribution in [0.4, 0.5) is 0 Å². The molecule has 4 fully saturated rings. The Morgan fingerprint density at radius 2 is 0.885 bits per heavy atom. The average molecular weight is 350 g/mol. The van der Waals surface area contributed by atoms with Gasteiger partial charge in [-0.2, -0.15) is 0 Å². The van der Waals surface area contributed by atoms with Crippen LogP contribution in [0.1, 0.15) is 25.7 Å². The first kappa shape index (κ1) is 15.2. The summed E-state index contributed by atoms with van der Waals surface area (Å²) in [5.74, 6) is -0.695. The molecular weight excluding hydrogens is 328 g/mol. The molecule has 0 aromatic rings. The van der Waals surface area contributed by atoms with Crippen LogP contribution in [-0.2, 0) is 19.2 Å². The summed E-state index contributed by atoms with van der Waals surface area (Å²) in [4.78, 5) is 52.2. The second-order valence-corrected chi connectivity index (χ2v) is 9.36. The zero-order valence-electron chi connectivity index (χ0n) is 14.5. The zero-order valence-corrected chi connectivity index (χ0v) is 14.5. The van der Waals surface area contributed by atoms with Crippen LogP contribution in [0.2, 0.25) is 0 Å². The minimum Gasteiger partial charge on any atom is -0.299 e. The van der Waals surface area contributed by atoms with Crippen LogP contribution in [0.3, 0.4) is 0 Å². The van der Waals surface area contributed by atoms with E-state index >= 15 is 0 Å². The monoisotopic (exact) mass is 350 g/mol. The summed E-state index contributed by atoms with van der Waals surface area (Å²) < 4.78 is 0. The van der Waals surface area contributed by atoms with E-state index in [2.05, 4.69) is 24.3 Å². The van der Waals surface area contributed by atoms with Gasteiger partial charge in [-0.25, -0.2) is 0 Å². The second kappa shape index (κ2) is 4.90. The summed E-state index contributed by atoms with van der Waals surface area (Å²) in [6.45, 7) is 0. The maximum atomic E-state index is 13.3. The summed E-state index contributed by atoms with van der Waals surface area (Å²) in [6, 6.07) is 0. The molecule has 0 heterocycles. The molecule has 0 aromatic heterocycles. The molecule has 4 bridgehead atoms. The number of rotatable bonds is 1. The van der Waals surface area contributed by atoms with Gasteiger partial charge in [-0.3, -0.25) is 19.2 Å². The maximum absolute atomic E-state index is 13.3. The zero-order chi connectivity index (χ0) is 17.7. The summed E-state index contributed by atoms with van der Waals surface area (Å²) in [6.07, 6.45) is 10.5. The average Bonchev–Trinajstić information content (AvgIpc) is 3.40. The lowest BCUT2D eigenvalue weighted by molar-refractivity contribution is -0.152. The van der Waals surface area contributed by atoms with Crippen molar-refractivity contribution in [2.24, 2.45) is 59.2 Å². The van der Waals surface area contributed by atoms with Gasteiger partial charge in [-0.15, -0.1) is 0 Å². The standard InChI is InChI=1S/C22H22O4/c23-15-7-13(21(25)19-11-3-1-9(5-11)17(15)19)14-8-16(24)18-10-2-4-12(6-10)20(18)22(14)26/h1-4,9-14,17-20H,5-8H2. The molecule has 134 valence electrons. The molecule has 0 amide bonds. The molecule has 10 atom stereocenters. The van der Waals surface area contributed by atoms with Gasteiger partial charge >= 0.3 is 0 Å². The van der Waals surface area contributed by atoms with Gasteiger partial charge in [0.15, 0.2) is 0 Å². The molecule has 6 aliphatic carbocycles. The minimum atomic E-state index is -0.558. The van der Waals surface area contributed by atoms with Gasteiger partial charge in [0, 0.05) is 48.3 Å². The van der Waals surface area contributed by atoms with Gasteiger partial charge < -0.3 is 0 Å². The number of ketones is 4. The quantitative estimate of drug-likeness (QED) is 0.680. The van der Waals surface area contributed by atoms with Crippen LogP contribution in [0, 0.1) is 59.2 Å². The molecule has 0 saturated heterocycles. The lowest BCUT2D eigenvalue weighted by Crippen LogP contribution is -2.51. The van der Waals surface area contributed by atoms with E-state index in [0.29, 0.717) is 0 Å².